The zero-order chi connectivity index (χ0) is 7.56. The monoisotopic (exact) mass is 136 g/mol. The van der Waals surface area contributed by atoms with Gasteiger partial charge in [-0.05, 0) is 0 Å². The second kappa shape index (κ2) is 2.40. The van der Waals surface area contributed by atoms with E-state index >= 15 is 0 Å². The summed E-state index contributed by atoms with van der Waals surface area (Å²) in [6.07, 6.45) is 3.71. The molecule has 0 amide bonds. The Bertz CT molecular complexity index is 228. The Balaban J connectivity index is 3.00. The first-order valence-corrected chi connectivity index (χ1v) is 2.86. The summed E-state index contributed by atoms with van der Waals surface area (Å²) in [7, 11) is 3.71. The lowest BCUT2D eigenvalue weighted by molar-refractivity contribution is 0.00582. The summed E-state index contributed by atoms with van der Waals surface area (Å²) in [5.74, 6) is 3.16. The van der Waals surface area contributed by atoms with Crippen LogP contribution in [0.5, 0.6) is 0 Å². The Labute approximate surface area is 59.3 Å². The van der Waals surface area contributed by atoms with E-state index in [0.717, 1.165) is 5.82 Å². The van der Waals surface area contributed by atoms with E-state index in [-0.39, 0.29) is 0 Å². The summed E-state index contributed by atoms with van der Waals surface area (Å²) < 4.78 is 0. The van der Waals surface area contributed by atoms with Crippen LogP contribution in [-0.4, -0.2) is 34.6 Å². The van der Waals surface area contributed by atoms with Crippen molar-refractivity contribution in [2.45, 2.75) is 0 Å². The predicted octanol–water partition coefficient (Wildman–Crippen LogP) is 0.0757. The van der Waals surface area contributed by atoms with Gasteiger partial charge in [0.1, 0.15) is 0 Å². The molecule has 52 valence electrons. The van der Waals surface area contributed by atoms with Crippen molar-refractivity contribution in [3.05, 3.63) is 23.8 Å². The van der Waals surface area contributed by atoms with Crippen molar-refractivity contribution in [2.75, 3.05) is 14.1 Å². The smallest absolute Gasteiger partial charge is 0.345 e. The molecule has 4 nitrogen and oxygen atoms in total. The van der Waals surface area contributed by atoms with Crippen LogP contribution in [0.3, 0.4) is 0 Å². The molecule has 1 aliphatic rings. The molecule has 0 aliphatic carbocycles. The van der Waals surface area contributed by atoms with Crippen LogP contribution in [0.4, 0.5) is 0 Å². The highest BCUT2D eigenvalue weighted by atomic mass is 15.3. The van der Waals surface area contributed by atoms with Gasteiger partial charge in [0.25, 0.3) is 0 Å². The highest BCUT2D eigenvalue weighted by molar-refractivity contribution is 5.52. The molecule has 1 aliphatic heterocycles. The van der Waals surface area contributed by atoms with E-state index in [9.17, 15) is 0 Å². The molecule has 1 heterocycles. The van der Waals surface area contributed by atoms with Crippen LogP contribution in [-0.2, 0) is 0 Å². The molecule has 10 heavy (non-hydrogen) atoms. The first-order chi connectivity index (χ1) is 4.75. The first kappa shape index (κ1) is 6.62. The summed E-state index contributed by atoms with van der Waals surface area (Å²) in [4.78, 5) is 6.42. The average Bonchev–Trinajstić information content (AvgIpc) is 2.20. The molecule has 0 spiro atoms. The molecular formula is C6H8N4. The molecule has 4 heteroatoms. The van der Waals surface area contributed by atoms with Gasteiger partial charge in [-0.25, -0.2) is 0 Å². The van der Waals surface area contributed by atoms with Gasteiger partial charge in [0, 0.05) is 26.5 Å². The molecule has 0 atom stereocenters. The average molecular weight is 136 g/mol. The van der Waals surface area contributed by atoms with Crippen molar-refractivity contribution >= 4 is 5.87 Å². The number of hydrogen-bond donors (Lipinski definition) is 0. The second-order valence-corrected chi connectivity index (χ2v) is 2.06. The number of nitrogens with zero attached hydrogens (tertiary/aromatic N) is 4. The normalized spacial score (nSPS) is 15.6. The van der Waals surface area contributed by atoms with Crippen LogP contribution in [0.25, 0.3) is 5.53 Å². The van der Waals surface area contributed by atoms with E-state index in [4.69, 9.17) is 5.53 Å². The predicted molar refractivity (Wildman–Crippen MR) is 36.8 cm³/mol. The molecule has 0 aromatic carbocycles. The Morgan fingerprint density at radius 3 is 2.30 bits per heavy atom. The molecule has 0 N–H and O–H groups in total. The van der Waals surface area contributed by atoms with Crippen LogP contribution < -0.4 is 0 Å². The molecule has 0 radical (unpaired) electrons. The Morgan fingerprint density at radius 1 is 1.40 bits per heavy atom. The van der Waals surface area contributed by atoms with Gasteiger partial charge >= 0.3 is 5.87 Å². The third-order valence-corrected chi connectivity index (χ3v) is 1.33. The Hall–Kier alpha value is -1.50. The van der Waals surface area contributed by atoms with Gasteiger partial charge in [-0.1, -0.05) is 0 Å². The summed E-state index contributed by atoms with van der Waals surface area (Å²) in [6, 6.07) is 0. The molecule has 0 aromatic rings. The van der Waals surface area contributed by atoms with Gasteiger partial charge in [-0.15, -0.1) is 4.79 Å². The summed E-state index contributed by atoms with van der Waals surface area (Å²) in [6.45, 7) is 0. The third kappa shape index (κ3) is 0.935. The zero-order valence-corrected chi connectivity index (χ0v) is 5.94. The fourth-order valence-corrected chi connectivity index (χ4v) is 0.792. The first-order valence-electron chi connectivity index (χ1n) is 2.86. The fraction of sp³-hybridized carbons (Fsp3) is 0.333. The van der Waals surface area contributed by atoms with Crippen LogP contribution >= 0.6 is 0 Å². The van der Waals surface area contributed by atoms with Gasteiger partial charge in [0.05, 0.1) is 0 Å². The molecule has 0 bridgehead atoms. The lowest BCUT2D eigenvalue weighted by Crippen LogP contribution is -2.16. The molecule has 0 aromatic heterocycles. The molecular weight excluding hydrogens is 128 g/mol. The maximum absolute atomic E-state index is 8.17. The second-order valence-electron chi connectivity index (χ2n) is 2.06. The third-order valence-electron chi connectivity index (χ3n) is 1.33. The quantitative estimate of drug-likeness (QED) is 0.269. The highest BCUT2D eigenvalue weighted by Gasteiger charge is 2.14. The lowest BCUT2D eigenvalue weighted by Gasteiger charge is -2.10. The van der Waals surface area contributed by atoms with Gasteiger partial charge in [0.15, 0.2) is 0 Å². The van der Waals surface area contributed by atoms with Crippen LogP contribution in [0.1, 0.15) is 0 Å². The van der Waals surface area contributed by atoms with E-state index in [1.807, 2.05) is 26.5 Å². The van der Waals surface area contributed by atoms with E-state index < -0.39 is 0 Å². The summed E-state index contributed by atoms with van der Waals surface area (Å²) in [5.41, 5.74) is 8.17. The van der Waals surface area contributed by atoms with E-state index in [1.54, 1.807) is 9.80 Å². The lowest BCUT2D eigenvalue weighted by atomic mass is 10.7. The Morgan fingerprint density at radius 2 is 1.90 bits per heavy atom. The van der Waals surface area contributed by atoms with Gasteiger partial charge in [-0.3, -0.25) is 0 Å². The zero-order valence-electron chi connectivity index (χ0n) is 5.94. The highest BCUT2D eigenvalue weighted by Crippen LogP contribution is 2.10. The number of hydrogen-bond acceptors (Lipinski definition) is 2. The molecule has 0 unspecified atom stereocenters. The van der Waals surface area contributed by atoms with Crippen molar-refractivity contribution in [2.24, 2.45) is 0 Å². The maximum Gasteiger partial charge on any atom is 0.345 e. The molecule has 0 saturated carbocycles. The summed E-state index contributed by atoms with van der Waals surface area (Å²) >= 11 is 0. The SMILES string of the molecule is CN1C=CN(C)C1=C=[N+]=[N-]. The topological polar surface area (TPSA) is 42.9 Å². The fourth-order valence-electron chi connectivity index (χ4n) is 0.792. The Kier molecular flexibility index (Phi) is 1.59. The van der Waals surface area contributed by atoms with Crippen LogP contribution in [0.15, 0.2) is 18.2 Å². The van der Waals surface area contributed by atoms with Gasteiger partial charge in [0.2, 0.25) is 5.82 Å². The molecule has 1 rings (SSSR count). The largest absolute Gasteiger partial charge is 0.348 e. The van der Waals surface area contributed by atoms with E-state index in [2.05, 4.69) is 10.7 Å². The van der Waals surface area contributed by atoms with Crippen LogP contribution in [0.2, 0.25) is 0 Å². The summed E-state index contributed by atoms with van der Waals surface area (Å²) in [5, 5.41) is 0. The standard InChI is InChI=1S/C6H8N4/c1-9-3-4-10(2)6(9)5-8-7/h3-4H,1-2H3. The van der Waals surface area contributed by atoms with Gasteiger partial charge < -0.3 is 15.3 Å². The van der Waals surface area contributed by atoms with Gasteiger partial charge in [-0.2, -0.15) is 0 Å². The van der Waals surface area contributed by atoms with Crippen molar-refractivity contribution < 1.29 is 4.79 Å². The van der Waals surface area contributed by atoms with Crippen molar-refractivity contribution in [1.29, 1.82) is 0 Å². The van der Waals surface area contributed by atoms with E-state index in [1.165, 1.54) is 0 Å². The molecule has 0 fully saturated rings. The minimum absolute atomic E-state index is 0.725. The minimum Gasteiger partial charge on any atom is -0.348 e. The van der Waals surface area contributed by atoms with Crippen molar-refractivity contribution in [3.8, 4) is 0 Å². The van der Waals surface area contributed by atoms with E-state index in [0.29, 0.717) is 0 Å². The number of rotatable bonds is 0. The minimum atomic E-state index is 0.725. The van der Waals surface area contributed by atoms with Crippen molar-refractivity contribution in [3.63, 3.8) is 0 Å². The molecule has 0 saturated heterocycles. The van der Waals surface area contributed by atoms with Crippen molar-refractivity contribution in [1.82, 2.24) is 9.80 Å². The maximum atomic E-state index is 8.17. The van der Waals surface area contributed by atoms with Crippen LogP contribution in [0, 0.1) is 0 Å².